The lowest BCUT2D eigenvalue weighted by Gasteiger charge is -2.43. The van der Waals surface area contributed by atoms with Gasteiger partial charge >= 0.3 is 0 Å². The van der Waals surface area contributed by atoms with Crippen molar-refractivity contribution in [2.24, 2.45) is 40.5 Å². The summed E-state index contributed by atoms with van der Waals surface area (Å²) in [4.78, 5) is 4.87. The summed E-state index contributed by atoms with van der Waals surface area (Å²) in [5, 5.41) is 15.8. The minimum atomic E-state index is -0.101. The lowest BCUT2D eigenvalue weighted by molar-refractivity contribution is 0.189. The summed E-state index contributed by atoms with van der Waals surface area (Å²) in [6, 6.07) is 2.46. The van der Waals surface area contributed by atoms with Crippen LogP contribution in [0.25, 0.3) is 0 Å². The fraction of sp³-hybridized carbons (Fsp3) is 0.794. The highest BCUT2D eigenvalue weighted by atomic mass is 16.3. The van der Waals surface area contributed by atoms with E-state index in [2.05, 4.69) is 73.7 Å². The highest BCUT2D eigenvalue weighted by Crippen LogP contribution is 2.53. The Labute approximate surface area is 228 Å². The molecule has 37 heavy (non-hydrogen) atoms. The average Bonchev–Trinajstić information content (AvgIpc) is 3.31. The van der Waals surface area contributed by atoms with Gasteiger partial charge in [-0.1, -0.05) is 81.2 Å². The van der Waals surface area contributed by atoms with Crippen LogP contribution in [0, 0.1) is 35.5 Å². The third kappa shape index (κ3) is 6.06. The van der Waals surface area contributed by atoms with Gasteiger partial charge in [0.15, 0.2) is 0 Å². The molecule has 1 aromatic carbocycles. The first kappa shape index (κ1) is 28.5. The van der Waals surface area contributed by atoms with E-state index >= 15 is 0 Å². The third-order valence-electron chi connectivity index (χ3n) is 10.2. The van der Waals surface area contributed by atoms with Gasteiger partial charge < -0.3 is 10.4 Å². The number of nitrogens with one attached hydrogen (secondary N) is 1. The molecule has 3 aliphatic rings. The minimum Gasteiger partial charge on any atom is -0.507 e. The molecule has 6 atom stereocenters. The van der Waals surface area contributed by atoms with E-state index in [1.807, 2.05) is 0 Å². The molecule has 0 amide bonds. The molecule has 1 aliphatic heterocycles. The van der Waals surface area contributed by atoms with Gasteiger partial charge in [0.2, 0.25) is 0 Å². The molecule has 4 rings (SSSR count). The molecule has 2 N–H and O–H groups in total. The van der Waals surface area contributed by atoms with Crippen molar-refractivity contribution in [1.82, 2.24) is 5.32 Å². The molecule has 0 aromatic heterocycles. The molecule has 1 aromatic rings. The van der Waals surface area contributed by atoms with Gasteiger partial charge in [-0.2, -0.15) is 0 Å². The molecule has 2 fully saturated rings. The Balaban J connectivity index is 2.00. The van der Waals surface area contributed by atoms with E-state index in [0.29, 0.717) is 47.2 Å². The first-order chi connectivity index (χ1) is 17.4. The van der Waals surface area contributed by atoms with Crippen molar-refractivity contribution in [3.05, 3.63) is 28.3 Å². The zero-order valence-corrected chi connectivity index (χ0v) is 25.5. The molecule has 6 unspecified atom stereocenters. The Bertz CT molecular complexity index is 969. The summed E-state index contributed by atoms with van der Waals surface area (Å²) in [7, 11) is 0. The lowest BCUT2D eigenvalue weighted by Crippen LogP contribution is -2.32. The second-order valence-corrected chi connectivity index (χ2v) is 14.8. The Morgan fingerprint density at radius 2 is 1.49 bits per heavy atom. The second-order valence-electron chi connectivity index (χ2n) is 14.8. The van der Waals surface area contributed by atoms with E-state index in [1.54, 1.807) is 5.56 Å². The lowest BCUT2D eigenvalue weighted by atomic mass is 9.62. The van der Waals surface area contributed by atoms with Crippen molar-refractivity contribution < 1.29 is 5.11 Å². The zero-order valence-electron chi connectivity index (χ0n) is 25.5. The minimum absolute atomic E-state index is 0.101. The summed E-state index contributed by atoms with van der Waals surface area (Å²) in [6.07, 6.45) is 8.53. The van der Waals surface area contributed by atoms with E-state index in [4.69, 9.17) is 4.99 Å². The number of hydrogen-bond acceptors (Lipinski definition) is 3. The second kappa shape index (κ2) is 11.3. The maximum atomic E-state index is 12.2. The standard InChI is InChI=1S/C34H56N2O/c1-20(2)24-12-10-22(5)16-26(24)27-18-30(34(7,8)9)33(37)32(29(27)19-31-35-14-15-36-31)28-17-23(6)11-13-25(28)21(3)4/h18,20-26,28,37H,10-17,19H2,1-9H3,(H,35,36). The van der Waals surface area contributed by atoms with E-state index in [-0.39, 0.29) is 5.41 Å². The normalized spacial score (nSPS) is 31.1. The molecule has 0 radical (unpaired) electrons. The van der Waals surface area contributed by atoms with Gasteiger partial charge in [0.1, 0.15) is 11.6 Å². The number of rotatable bonds is 6. The van der Waals surface area contributed by atoms with Crippen LogP contribution in [0.5, 0.6) is 5.75 Å². The van der Waals surface area contributed by atoms with E-state index in [9.17, 15) is 5.11 Å². The number of aromatic hydroxyl groups is 1. The number of benzene rings is 1. The van der Waals surface area contributed by atoms with Gasteiger partial charge in [-0.25, -0.2) is 0 Å². The van der Waals surface area contributed by atoms with Crippen molar-refractivity contribution in [2.75, 3.05) is 13.1 Å². The number of phenolic OH excluding ortho intramolecular Hbond substituents is 1. The van der Waals surface area contributed by atoms with Crippen molar-refractivity contribution in [2.45, 2.75) is 125 Å². The van der Waals surface area contributed by atoms with Crippen molar-refractivity contribution in [3.63, 3.8) is 0 Å². The largest absolute Gasteiger partial charge is 0.507 e. The first-order valence-corrected chi connectivity index (χ1v) is 15.5. The van der Waals surface area contributed by atoms with Crippen LogP contribution < -0.4 is 5.32 Å². The smallest absolute Gasteiger partial charge is 0.123 e. The molecule has 208 valence electrons. The Kier molecular flexibility index (Phi) is 8.71. The van der Waals surface area contributed by atoms with Crippen LogP contribution in [0.1, 0.15) is 135 Å². The number of hydrogen-bond donors (Lipinski definition) is 2. The molecule has 2 saturated carbocycles. The van der Waals surface area contributed by atoms with E-state index in [0.717, 1.165) is 36.8 Å². The van der Waals surface area contributed by atoms with Crippen LogP contribution in [0.4, 0.5) is 0 Å². The third-order valence-corrected chi connectivity index (χ3v) is 10.2. The molecule has 0 spiro atoms. The monoisotopic (exact) mass is 508 g/mol. The number of nitrogens with zero attached hydrogens (tertiary/aromatic N) is 1. The maximum absolute atomic E-state index is 12.2. The number of aliphatic imine (C=N–C) groups is 1. The topological polar surface area (TPSA) is 44.6 Å². The van der Waals surface area contributed by atoms with Gasteiger partial charge in [0.25, 0.3) is 0 Å². The fourth-order valence-electron chi connectivity index (χ4n) is 8.08. The molecule has 0 bridgehead atoms. The van der Waals surface area contributed by atoms with Crippen LogP contribution >= 0.6 is 0 Å². The summed E-state index contributed by atoms with van der Waals surface area (Å²) in [5.41, 5.74) is 5.32. The van der Waals surface area contributed by atoms with Gasteiger partial charge in [-0.15, -0.1) is 0 Å². The van der Waals surface area contributed by atoms with E-state index in [1.165, 1.54) is 49.7 Å². The first-order valence-electron chi connectivity index (χ1n) is 15.5. The van der Waals surface area contributed by atoms with Crippen LogP contribution in [0.2, 0.25) is 0 Å². The summed E-state index contributed by atoms with van der Waals surface area (Å²) >= 11 is 0. The molecule has 2 aliphatic carbocycles. The Morgan fingerprint density at radius 1 is 0.919 bits per heavy atom. The number of amidine groups is 1. The van der Waals surface area contributed by atoms with E-state index < -0.39 is 0 Å². The van der Waals surface area contributed by atoms with Crippen LogP contribution in [0.15, 0.2) is 11.1 Å². The van der Waals surface area contributed by atoms with Gasteiger partial charge in [0.05, 0.1) is 6.54 Å². The summed E-state index contributed by atoms with van der Waals surface area (Å²) in [6.45, 7) is 23.2. The van der Waals surface area contributed by atoms with Gasteiger partial charge in [-0.3, -0.25) is 4.99 Å². The zero-order chi connectivity index (χ0) is 27.1. The van der Waals surface area contributed by atoms with Crippen LogP contribution in [-0.2, 0) is 11.8 Å². The molecule has 1 heterocycles. The van der Waals surface area contributed by atoms with Crippen molar-refractivity contribution in [3.8, 4) is 5.75 Å². The maximum Gasteiger partial charge on any atom is 0.123 e. The van der Waals surface area contributed by atoms with Gasteiger partial charge in [0, 0.05) is 18.5 Å². The molecule has 3 nitrogen and oxygen atoms in total. The molecular formula is C34H56N2O. The van der Waals surface area contributed by atoms with Crippen molar-refractivity contribution >= 4 is 5.84 Å². The highest BCUT2D eigenvalue weighted by molar-refractivity contribution is 5.86. The van der Waals surface area contributed by atoms with Gasteiger partial charge in [-0.05, 0) is 95.1 Å². The Morgan fingerprint density at radius 3 is 2.00 bits per heavy atom. The fourth-order valence-corrected chi connectivity index (χ4v) is 8.08. The predicted octanol–water partition coefficient (Wildman–Crippen LogP) is 8.59. The van der Waals surface area contributed by atoms with Crippen LogP contribution in [0.3, 0.4) is 0 Å². The number of phenols is 1. The van der Waals surface area contributed by atoms with Crippen molar-refractivity contribution in [1.29, 1.82) is 0 Å². The summed E-state index contributed by atoms with van der Waals surface area (Å²) < 4.78 is 0. The Hall–Kier alpha value is -1.51. The SMILES string of the molecule is CC1CCC(C(C)C)C(c2cc(C(C)(C)C)c(O)c(C3CC(C)CCC3C(C)C)c2CC2=NCCN2)C1. The highest BCUT2D eigenvalue weighted by Gasteiger charge is 2.40. The molecule has 3 heteroatoms. The molecular weight excluding hydrogens is 452 g/mol. The van der Waals surface area contributed by atoms with Crippen LogP contribution in [-0.4, -0.2) is 24.0 Å². The molecule has 0 saturated heterocycles. The predicted molar refractivity (Wildman–Crippen MR) is 159 cm³/mol. The average molecular weight is 509 g/mol. The quantitative estimate of drug-likeness (QED) is 0.404. The summed E-state index contributed by atoms with van der Waals surface area (Å²) in [5.74, 6) is 6.75.